The van der Waals surface area contributed by atoms with Crippen LogP contribution in [0.3, 0.4) is 0 Å². The fourth-order valence-electron chi connectivity index (χ4n) is 1.85. The summed E-state index contributed by atoms with van der Waals surface area (Å²) in [5.41, 5.74) is 1.29. The molecule has 0 saturated carbocycles. The Hall–Kier alpha value is -0.540. The summed E-state index contributed by atoms with van der Waals surface area (Å²) in [6.45, 7) is 6.16. The number of rotatable bonds is 3. The zero-order valence-corrected chi connectivity index (χ0v) is 9.24. The Bertz CT molecular complexity index is 297. The maximum atomic E-state index is 6.04. The molecule has 1 unspecified atom stereocenters. The summed E-state index contributed by atoms with van der Waals surface area (Å²) in [5.74, 6) is 0. The highest BCUT2D eigenvalue weighted by Gasteiger charge is 2.20. The molecule has 4 heteroatoms. The SMILES string of the molecule is CCn1cc(CN2CCC(Cl)C2)cn1. The van der Waals surface area contributed by atoms with E-state index in [1.807, 2.05) is 10.9 Å². The molecule has 0 radical (unpaired) electrons. The zero-order valence-electron chi connectivity index (χ0n) is 8.49. The fraction of sp³-hybridized carbons (Fsp3) is 0.700. The molecule has 1 aromatic rings. The number of halogens is 1. The molecular formula is C10H16ClN3. The Kier molecular flexibility index (Phi) is 3.08. The molecule has 0 amide bonds. The summed E-state index contributed by atoms with van der Waals surface area (Å²) in [5, 5.41) is 4.60. The number of alkyl halides is 1. The average Bonchev–Trinajstić information content (AvgIpc) is 2.76. The number of aryl methyl sites for hydroxylation is 1. The molecule has 1 aromatic heterocycles. The van der Waals surface area contributed by atoms with E-state index in [-0.39, 0.29) is 0 Å². The van der Waals surface area contributed by atoms with Gasteiger partial charge in [0, 0.05) is 36.8 Å². The second kappa shape index (κ2) is 4.32. The molecule has 1 fully saturated rings. The normalized spacial score (nSPS) is 23.1. The standard InChI is InChI=1S/C10H16ClN3/c1-2-14-7-9(5-12-14)6-13-4-3-10(11)8-13/h5,7,10H,2-4,6,8H2,1H3. The van der Waals surface area contributed by atoms with Crippen LogP contribution in [0.5, 0.6) is 0 Å². The van der Waals surface area contributed by atoms with Crippen molar-refractivity contribution >= 4 is 11.6 Å². The van der Waals surface area contributed by atoms with Gasteiger partial charge in [0.05, 0.1) is 6.20 Å². The summed E-state index contributed by atoms with van der Waals surface area (Å²) < 4.78 is 1.96. The summed E-state index contributed by atoms with van der Waals surface area (Å²) in [6.07, 6.45) is 5.18. The van der Waals surface area contributed by atoms with Crippen LogP contribution < -0.4 is 0 Å². The van der Waals surface area contributed by atoms with Gasteiger partial charge in [-0.05, 0) is 19.9 Å². The number of hydrogen-bond donors (Lipinski definition) is 0. The van der Waals surface area contributed by atoms with Crippen molar-refractivity contribution in [3.05, 3.63) is 18.0 Å². The molecule has 0 spiro atoms. The lowest BCUT2D eigenvalue weighted by atomic mass is 10.3. The summed E-state index contributed by atoms with van der Waals surface area (Å²) in [4.78, 5) is 2.38. The lowest BCUT2D eigenvalue weighted by Crippen LogP contribution is -2.19. The Morgan fingerprint density at radius 2 is 2.50 bits per heavy atom. The number of hydrogen-bond acceptors (Lipinski definition) is 2. The lowest BCUT2D eigenvalue weighted by Gasteiger charge is -2.12. The predicted octanol–water partition coefficient (Wildman–Crippen LogP) is 1.72. The van der Waals surface area contributed by atoms with Crippen molar-refractivity contribution in [3.63, 3.8) is 0 Å². The van der Waals surface area contributed by atoms with Crippen LogP contribution in [-0.2, 0) is 13.1 Å². The molecule has 0 aromatic carbocycles. The van der Waals surface area contributed by atoms with E-state index in [9.17, 15) is 0 Å². The molecule has 1 saturated heterocycles. The lowest BCUT2D eigenvalue weighted by molar-refractivity contribution is 0.332. The molecule has 2 heterocycles. The van der Waals surface area contributed by atoms with Gasteiger partial charge in [0.1, 0.15) is 0 Å². The van der Waals surface area contributed by atoms with Crippen LogP contribution in [0.4, 0.5) is 0 Å². The first-order chi connectivity index (χ1) is 6.78. The van der Waals surface area contributed by atoms with Gasteiger partial charge in [0.25, 0.3) is 0 Å². The van der Waals surface area contributed by atoms with E-state index < -0.39 is 0 Å². The highest BCUT2D eigenvalue weighted by atomic mass is 35.5. The summed E-state index contributed by atoms with van der Waals surface area (Å²) >= 11 is 6.04. The van der Waals surface area contributed by atoms with Crippen LogP contribution >= 0.6 is 11.6 Å². The van der Waals surface area contributed by atoms with Crippen molar-refractivity contribution in [3.8, 4) is 0 Å². The van der Waals surface area contributed by atoms with Gasteiger partial charge in [-0.25, -0.2) is 0 Å². The molecule has 78 valence electrons. The number of likely N-dealkylation sites (tertiary alicyclic amines) is 1. The Morgan fingerprint density at radius 1 is 1.64 bits per heavy atom. The smallest absolute Gasteiger partial charge is 0.0534 e. The van der Waals surface area contributed by atoms with Gasteiger partial charge < -0.3 is 0 Å². The van der Waals surface area contributed by atoms with Crippen molar-refractivity contribution < 1.29 is 0 Å². The molecule has 0 aliphatic carbocycles. The molecule has 1 aliphatic rings. The van der Waals surface area contributed by atoms with Gasteiger partial charge in [0.2, 0.25) is 0 Å². The van der Waals surface area contributed by atoms with Crippen molar-refractivity contribution in [1.82, 2.24) is 14.7 Å². The average molecular weight is 214 g/mol. The van der Waals surface area contributed by atoms with Gasteiger partial charge in [-0.15, -0.1) is 11.6 Å². The largest absolute Gasteiger partial charge is 0.297 e. The second-order valence-corrected chi connectivity index (χ2v) is 4.44. The van der Waals surface area contributed by atoms with Crippen molar-refractivity contribution in [2.75, 3.05) is 13.1 Å². The number of nitrogens with zero attached hydrogens (tertiary/aromatic N) is 3. The predicted molar refractivity (Wildman–Crippen MR) is 57.4 cm³/mol. The minimum Gasteiger partial charge on any atom is -0.297 e. The van der Waals surface area contributed by atoms with E-state index in [2.05, 4.69) is 23.1 Å². The number of aromatic nitrogens is 2. The topological polar surface area (TPSA) is 21.1 Å². The third kappa shape index (κ3) is 2.28. The molecule has 1 aliphatic heterocycles. The minimum atomic E-state index is 0.344. The minimum absolute atomic E-state index is 0.344. The third-order valence-electron chi connectivity index (χ3n) is 2.63. The second-order valence-electron chi connectivity index (χ2n) is 3.83. The van der Waals surface area contributed by atoms with Crippen LogP contribution in [-0.4, -0.2) is 33.1 Å². The third-order valence-corrected chi connectivity index (χ3v) is 2.99. The Morgan fingerprint density at radius 3 is 3.07 bits per heavy atom. The van der Waals surface area contributed by atoms with Crippen LogP contribution in [0.15, 0.2) is 12.4 Å². The van der Waals surface area contributed by atoms with Crippen LogP contribution in [0.1, 0.15) is 18.9 Å². The molecule has 0 N–H and O–H groups in total. The van der Waals surface area contributed by atoms with Gasteiger partial charge in [-0.1, -0.05) is 0 Å². The molecule has 2 rings (SSSR count). The van der Waals surface area contributed by atoms with Crippen molar-refractivity contribution in [2.45, 2.75) is 31.8 Å². The Balaban J connectivity index is 1.90. The maximum Gasteiger partial charge on any atom is 0.0534 e. The van der Waals surface area contributed by atoms with Crippen LogP contribution in [0.2, 0.25) is 0 Å². The van der Waals surface area contributed by atoms with E-state index in [0.717, 1.165) is 32.6 Å². The van der Waals surface area contributed by atoms with E-state index >= 15 is 0 Å². The highest BCUT2D eigenvalue weighted by Crippen LogP contribution is 2.16. The molecular weight excluding hydrogens is 198 g/mol. The fourth-order valence-corrected chi connectivity index (χ4v) is 2.14. The van der Waals surface area contributed by atoms with Crippen LogP contribution in [0, 0.1) is 0 Å². The van der Waals surface area contributed by atoms with Crippen molar-refractivity contribution in [2.24, 2.45) is 0 Å². The van der Waals surface area contributed by atoms with E-state index in [4.69, 9.17) is 11.6 Å². The highest BCUT2D eigenvalue weighted by molar-refractivity contribution is 6.20. The summed E-state index contributed by atoms with van der Waals surface area (Å²) in [6, 6.07) is 0. The monoisotopic (exact) mass is 213 g/mol. The van der Waals surface area contributed by atoms with Crippen molar-refractivity contribution in [1.29, 1.82) is 0 Å². The van der Waals surface area contributed by atoms with Gasteiger partial charge in [0.15, 0.2) is 0 Å². The summed E-state index contributed by atoms with van der Waals surface area (Å²) in [7, 11) is 0. The van der Waals surface area contributed by atoms with E-state index in [1.165, 1.54) is 5.56 Å². The van der Waals surface area contributed by atoms with Gasteiger partial charge >= 0.3 is 0 Å². The zero-order chi connectivity index (χ0) is 9.97. The first kappa shape index (κ1) is 9.99. The van der Waals surface area contributed by atoms with Gasteiger partial charge in [-0.2, -0.15) is 5.10 Å². The molecule has 0 bridgehead atoms. The molecule has 3 nitrogen and oxygen atoms in total. The quantitative estimate of drug-likeness (QED) is 0.713. The van der Waals surface area contributed by atoms with E-state index in [0.29, 0.717) is 5.38 Å². The first-order valence-electron chi connectivity index (χ1n) is 5.15. The molecule has 1 atom stereocenters. The maximum absolute atomic E-state index is 6.04. The van der Waals surface area contributed by atoms with Gasteiger partial charge in [-0.3, -0.25) is 9.58 Å². The molecule has 14 heavy (non-hydrogen) atoms. The Labute approximate surface area is 89.7 Å². The van der Waals surface area contributed by atoms with E-state index in [1.54, 1.807) is 0 Å². The van der Waals surface area contributed by atoms with Crippen LogP contribution in [0.25, 0.3) is 0 Å². The first-order valence-corrected chi connectivity index (χ1v) is 5.59.